The van der Waals surface area contributed by atoms with Gasteiger partial charge in [0.05, 0.1) is 0 Å². The molecule has 0 aliphatic heterocycles. The zero-order valence-electron chi connectivity index (χ0n) is 11.0. The van der Waals surface area contributed by atoms with Crippen LogP contribution >= 0.6 is 0 Å². The van der Waals surface area contributed by atoms with Crippen LogP contribution in [-0.2, 0) is 0 Å². The fraction of sp³-hybridized carbons (Fsp3) is 0.867. The summed E-state index contributed by atoms with van der Waals surface area (Å²) in [6, 6.07) is 0. The average molecular weight is 212 g/mol. The molecule has 0 heteroatoms. The Morgan fingerprint density at radius 2 is 1.67 bits per heavy atom. The van der Waals surface area contributed by atoms with Gasteiger partial charge < -0.3 is 0 Å². The number of hydrogen-bond acceptors (Lipinski definition) is 0. The number of hydrogen-bond donors (Lipinski definition) is 0. The molecule has 0 aliphatic rings. The summed E-state index contributed by atoms with van der Waals surface area (Å²) in [5.41, 5.74) is 1.96. The lowest BCUT2D eigenvalue weighted by molar-refractivity contribution is 0.324. The molecule has 0 bridgehead atoms. The Labute approximate surface area is 98.2 Å². The minimum absolute atomic E-state index is 0. The second-order valence-corrected chi connectivity index (χ2v) is 6.06. The van der Waals surface area contributed by atoms with E-state index in [1.807, 2.05) is 0 Å². The lowest BCUT2D eigenvalue weighted by atomic mass is 9.86. The summed E-state index contributed by atoms with van der Waals surface area (Å²) in [7, 11) is 0. The Bertz CT molecular complexity index is 165. The van der Waals surface area contributed by atoms with E-state index in [-0.39, 0.29) is 7.43 Å². The van der Waals surface area contributed by atoms with Crippen molar-refractivity contribution >= 4 is 0 Å². The summed E-state index contributed by atoms with van der Waals surface area (Å²) in [6.45, 7) is 13.7. The van der Waals surface area contributed by atoms with Crippen LogP contribution in [0.15, 0.2) is 11.6 Å². The Hall–Kier alpha value is -0.260. The number of rotatable bonds is 5. The summed E-state index contributed by atoms with van der Waals surface area (Å²) in [4.78, 5) is 0. The van der Waals surface area contributed by atoms with E-state index in [9.17, 15) is 0 Å². The fourth-order valence-corrected chi connectivity index (χ4v) is 1.48. The molecule has 0 aromatic heterocycles. The molecule has 1 unspecified atom stereocenters. The number of allylic oxidation sites excluding steroid dienone is 2. The van der Waals surface area contributed by atoms with Crippen molar-refractivity contribution < 1.29 is 0 Å². The summed E-state index contributed by atoms with van der Waals surface area (Å²) in [5.74, 6) is 0.879. The van der Waals surface area contributed by atoms with Gasteiger partial charge >= 0.3 is 0 Å². The van der Waals surface area contributed by atoms with Crippen LogP contribution in [0.25, 0.3) is 0 Å². The van der Waals surface area contributed by atoms with Crippen molar-refractivity contribution in [1.29, 1.82) is 0 Å². The maximum atomic E-state index is 2.38. The van der Waals surface area contributed by atoms with Gasteiger partial charge in [-0.3, -0.25) is 0 Å². The maximum Gasteiger partial charge on any atom is -0.0346 e. The Morgan fingerprint density at radius 3 is 2.07 bits per heavy atom. The van der Waals surface area contributed by atoms with E-state index in [0.717, 1.165) is 5.92 Å². The molecule has 0 aromatic rings. The van der Waals surface area contributed by atoms with Gasteiger partial charge in [-0.1, -0.05) is 53.2 Å². The quantitative estimate of drug-likeness (QED) is 0.503. The van der Waals surface area contributed by atoms with Crippen LogP contribution in [0, 0.1) is 11.3 Å². The SMILES string of the molecule is C.CC(C)=CCCC(C)CCC(C)(C)C. The van der Waals surface area contributed by atoms with E-state index in [2.05, 4.69) is 47.6 Å². The summed E-state index contributed by atoms with van der Waals surface area (Å²) in [5, 5.41) is 0. The largest absolute Gasteiger partial charge is 0.0859 e. The van der Waals surface area contributed by atoms with Crippen molar-refractivity contribution in [3.8, 4) is 0 Å². The third-order valence-electron chi connectivity index (χ3n) is 2.60. The maximum absolute atomic E-state index is 2.38. The smallest absolute Gasteiger partial charge is 0.0346 e. The van der Waals surface area contributed by atoms with Crippen LogP contribution < -0.4 is 0 Å². The first kappa shape index (κ1) is 17.1. The van der Waals surface area contributed by atoms with Crippen molar-refractivity contribution in [2.75, 3.05) is 0 Å². The van der Waals surface area contributed by atoms with Gasteiger partial charge in [-0.05, 0) is 44.4 Å². The van der Waals surface area contributed by atoms with Gasteiger partial charge in [0.2, 0.25) is 0 Å². The van der Waals surface area contributed by atoms with Crippen molar-refractivity contribution in [3.05, 3.63) is 11.6 Å². The molecular weight excluding hydrogens is 180 g/mol. The molecule has 0 amide bonds. The monoisotopic (exact) mass is 212 g/mol. The molecule has 92 valence electrons. The fourth-order valence-electron chi connectivity index (χ4n) is 1.48. The van der Waals surface area contributed by atoms with Gasteiger partial charge in [0.15, 0.2) is 0 Å². The Morgan fingerprint density at radius 1 is 1.13 bits per heavy atom. The predicted octanol–water partition coefficient (Wildman–Crippen LogP) is 5.83. The first-order valence-corrected chi connectivity index (χ1v) is 5.94. The molecule has 0 rings (SSSR count). The molecule has 0 aliphatic carbocycles. The van der Waals surface area contributed by atoms with E-state index in [1.54, 1.807) is 0 Å². The van der Waals surface area contributed by atoms with Crippen LogP contribution in [0.2, 0.25) is 0 Å². The summed E-state index contributed by atoms with van der Waals surface area (Å²) >= 11 is 0. The lowest BCUT2D eigenvalue weighted by Gasteiger charge is -2.20. The molecule has 0 aromatic carbocycles. The Balaban J connectivity index is 0. The highest BCUT2D eigenvalue weighted by molar-refractivity contribution is 4.92. The van der Waals surface area contributed by atoms with Gasteiger partial charge in [0.25, 0.3) is 0 Å². The second-order valence-electron chi connectivity index (χ2n) is 6.06. The minimum atomic E-state index is 0. The van der Waals surface area contributed by atoms with Gasteiger partial charge in [-0.2, -0.15) is 0 Å². The first-order valence-electron chi connectivity index (χ1n) is 5.94. The summed E-state index contributed by atoms with van der Waals surface area (Å²) < 4.78 is 0. The highest BCUT2D eigenvalue weighted by Gasteiger charge is 2.11. The normalized spacial score (nSPS) is 12.9. The third-order valence-corrected chi connectivity index (χ3v) is 2.60. The van der Waals surface area contributed by atoms with Crippen LogP contribution in [-0.4, -0.2) is 0 Å². The lowest BCUT2D eigenvalue weighted by Crippen LogP contribution is -2.07. The van der Waals surface area contributed by atoms with E-state index in [0.29, 0.717) is 5.41 Å². The van der Waals surface area contributed by atoms with Crippen molar-refractivity contribution in [1.82, 2.24) is 0 Å². The van der Waals surface area contributed by atoms with Gasteiger partial charge in [0.1, 0.15) is 0 Å². The molecule has 0 fully saturated rings. The highest BCUT2D eigenvalue weighted by Crippen LogP contribution is 2.25. The third kappa shape index (κ3) is 13.7. The predicted molar refractivity (Wildman–Crippen MR) is 73.2 cm³/mol. The topological polar surface area (TPSA) is 0 Å². The molecule has 0 nitrogen and oxygen atoms in total. The molecule has 0 saturated carbocycles. The molecule has 0 spiro atoms. The average Bonchev–Trinajstić information content (AvgIpc) is 1.99. The molecular formula is C15H32. The molecule has 0 N–H and O–H groups in total. The van der Waals surface area contributed by atoms with Crippen LogP contribution in [0.1, 0.15) is 74.7 Å². The molecule has 0 radical (unpaired) electrons. The van der Waals surface area contributed by atoms with Crippen molar-refractivity contribution in [3.63, 3.8) is 0 Å². The molecule has 0 saturated heterocycles. The van der Waals surface area contributed by atoms with Gasteiger partial charge in [0, 0.05) is 0 Å². The van der Waals surface area contributed by atoms with Crippen LogP contribution in [0.5, 0.6) is 0 Å². The zero-order valence-corrected chi connectivity index (χ0v) is 11.0. The minimum Gasteiger partial charge on any atom is -0.0859 e. The van der Waals surface area contributed by atoms with E-state index in [1.165, 1.54) is 31.3 Å². The van der Waals surface area contributed by atoms with Crippen molar-refractivity contribution in [2.24, 2.45) is 11.3 Å². The van der Waals surface area contributed by atoms with Gasteiger partial charge in [-0.25, -0.2) is 0 Å². The second kappa shape index (κ2) is 7.96. The standard InChI is InChI=1S/C14H28.CH4/c1-12(2)8-7-9-13(3)10-11-14(4,5)6;/h8,13H,7,9-11H2,1-6H3;1H4. The van der Waals surface area contributed by atoms with E-state index < -0.39 is 0 Å². The zero-order chi connectivity index (χ0) is 11.2. The highest BCUT2D eigenvalue weighted by atomic mass is 14.2. The van der Waals surface area contributed by atoms with Crippen LogP contribution in [0.3, 0.4) is 0 Å². The Kier molecular flexibility index (Phi) is 9.10. The molecule has 1 atom stereocenters. The van der Waals surface area contributed by atoms with Crippen molar-refractivity contribution in [2.45, 2.75) is 74.7 Å². The van der Waals surface area contributed by atoms with Crippen LogP contribution in [0.4, 0.5) is 0 Å². The molecule has 15 heavy (non-hydrogen) atoms. The first-order chi connectivity index (χ1) is 6.31. The summed E-state index contributed by atoms with van der Waals surface area (Å²) in [6.07, 6.45) is 7.69. The van der Waals surface area contributed by atoms with E-state index >= 15 is 0 Å². The van der Waals surface area contributed by atoms with Gasteiger partial charge in [-0.15, -0.1) is 0 Å². The molecule has 0 heterocycles. The van der Waals surface area contributed by atoms with E-state index in [4.69, 9.17) is 0 Å².